The second-order valence-electron chi connectivity index (χ2n) is 7.93. The number of hydrogen-bond donors (Lipinski definition) is 1. The van der Waals surface area contributed by atoms with Gasteiger partial charge in [-0.15, -0.1) is 0 Å². The monoisotopic (exact) mass is 414 g/mol. The van der Waals surface area contributed by atoms with Gasteiger partial charge in [-0.2, -0.15) is 0 Å². The summed E-state index contributed by atoms with van der Waals surface area (Å²) in [6, 6.07) is 0. The van der Waals surface area contributed by atoms with Crippen molar-refractivity contribution < 1.29 is 47.6 Å². The van der Waals surface area contributed by atoms with Crippen molar-refractivity contribution >= 4 is 10.1 Å². The maximum absolute atomic E-state index is 11.3. The Morgan fingerprint density at radius 3 is 1.44 bits per heavy atom. The van der Waals surface area contributed by atoms with Crippen molar-refractivity contribution in [2.75, 3.05) is 0 Å². The number of aliphatic hydroxyl groups excluding tert-OH is 1. The minimum atomic E-state index is -4.21. The molecule has 0 saturated carbocycles. The first-order chi connectivity index (χ1) is 12.4. The molecule has 2 atom stereocenters. The van der Waals surface area contributed by atoms with Crippen LogP contribution in [-0.2, 0) is 10.1 Å². The quantitative estimate of drug-likeness (QED) is 0.200. The molecule has 0 fully saturated rings. The van der Waals surface area contributed by atoms with E-state index in [0.29, 0.717) is 25.7 Å². The summed E-state index contributed by atoms with van der Waals surface area (Å²) in [6.45, 7) is 3.94. The molecule has 0 heterocycles. The molecular weight excluding hydrogens is 371 g/mol. The molecule has 0 saturated heterocycles. The maximum atomic E-state index is 11.3. The van der Waals surface area contributed by atoms with Gasteiger partial charge in [0.05, 0.1) is 16.2 Å². The van der Waals surface area contributed by atoms with Crippen LogP contribution in [0.4, 0.5) is 0 Å². The third kappa shape index (κ3) is 21.4. The number of aliphatic hydroxyl groups is 1. The molecule has 0 aromatic heterocycles. The van der Waals surface area contributed by atoms with Gasteiger partial charge in [-0.25, -0.2) is 8.42 Å². The molecule has 0 bridgehead atoms. The Morgan fingerprint density at radius 1 is 0.704 bits per heavy atom. The average Bonchev–Trinajstić information content (AvgIpc) is 2.56. The van der Waals surface area contributed by atoms with Crippen molar-refractivity contribution in [3.63, 3.8) is 0 Å². The topological polar surface area (TPSA) is 77.4 Å². The van der Waals surface area contributed by atoms with Gasteiger partial charge in [0.1, 0.15) is 0 Å². The van der Waals surface area contributed by atoms with Crippen molar-refractivity contribution in [1.29, 1.82) is 0 Å². The van der Waals surface area contributed by atoms with Gasteiger partial charge in [0, 0.05) is 5.25 Å². The fraction of sp³-hybridized carbons (Fsp3) is 1.00. The van der Waals surface area contributed by atoms with E-state index in [1.165, 1.54) is 64.2 Å². The van der Waals surface area contributed by atoms with Crippen LogP contribution in [0.25, 0.3) is 0 Å². The minimum Gasteiger partial charge on any atom is -0.748 e. The SMILES string of the molecule is CCCCCCCCCCCCCCCC(CCCC(C)O)S(=O)(=O)[O-].[Na+]. The predicted molar refractivity (Wildman–Crippen MR) is 109 cm³/mol. The Labute approximate surface area is 191 Å². The van der Waals surface area contributed by atoms with E-state index >= 15 is 0 Å². The van der Waals surface area contributed by atoms with Crippen LogP contribution in [0, 0.1) is 0 Å². The smallest absolute Gasteiger partial charge is 0.748 e. The van der Waals surface area contributed by atoms with E-state index in [1.54, 1.807) is 6.92 Å². The zero-order valence-electron chi connectivity index (χ0n) is 18.3. The molecule has 6 heteroatoms. The first kappa shape index (κ1) is 30.1. The van der Waals surface area contributed by atoms with Crippen molar-refractivity contribution in [2.24, 2.45) is 0 Å². The molecule has 4 nitrogen and oxygen atoms in total. The Hall–Kier alpha value is 0.870. The van der Waals surface area contributed by atoms with Crippen molar-refractivity contribution in [2.45, 2.75) is 134 Å². The molecular formula is C21H43NaO4S. The van der Waals surface area contributed by atoms with E-state index < -0.39 is 21.5 Å². The Balaban J connectivity index is 0. The summed E-state index contributed by atoms with van der Waals surface area (Å²) >= 11 is 0. The molecule has 0 radical (unpaired) electrons. The molecule has 0 rings (SSSR count). The summed E-state index contributed by atoms with van der Waals surface area (Å²) in [6.07, 6.45) is 17.9. The van der Waals surface area contributed by atoms with E-state index in [1.807, 2.05) is 0 Å². The van der Waals surface area contributed by atoms with E-state index in [-0.39, 0.29) is 29.6 Å². The van der Waals surface area contributed by atoms with Crippen molar-refractivity contribution in [3.05, 3.63) is 0 Å². The summed E-state index contributed by atoms with van der Waals surface area (Å²) in [5, 5.41) is 8.47. The first-order valence-corrected chi connectivity index (χ1v) is 12.5. The molecule has 27 heavy (non-hydrogen) atoms. The van der Waals surface area contributed by atoms with Crippen molar-refractivity contribution in [1.82, 2.24) is 0 Å². The van der Waals surface area contributed by atoms with Gasteiger partial charge >= 0.3 is 29.6 Å². The van der Waals surface area contributed by atoms with Gasteiger partial charge in [0.25, 0.3) is 0 Å². The van der Waals surface area contributed by atoms with Gasteiger partial charge in [-0.05, 0) is 32.6 Å². The molecule has 0 amide bonds. The van der Waals surface area contributed by atoms with Crippen LogP contribution in [-0.4, -0.2) is 29.4 Å². The van der Waals surface area contributed by atoms with Crippen LogP contribution in [0.2, 0.25) is 0 Å². The summed E-state index contributed by atoms with van der Waals surface area (Å²) in [5.41, 5.74) is 0. The summed E-state index contributed by atoms with van der Waals surface area (Å²) in [5.74, 6) is 0. The Morgan fingerprint density at radius 2 is 1.07 bits per heavy atom. The second kappa shape index (κ2) is 20.2. The summed E-state index contributed by atoms with van der Waals surface area (Å²) in [7, 11) is -4.21. The Bertz CT molecular complexity index is 399. The molecule has 2 unspecified atom stereocenters. The third-order valence-corrected chi connectivity index (χ3v) is 6.47. The van der Waals surface area contributed by atoms with E-state index in [0.717, 1.165) is 19.3 Å². The average molecular weight is 415 g/mol. The molecule has 0 aliphatic carbocycles. The van der Waals surface area contributed by atoms with Crippen LogP contribution >= 0.6 is 0 Å². The van der Waals surface area contributed by atoms with Crippen LogP contribution in [0.3, 0.4) is 0 Å². The first-order valence-electron chi connectivity index (χ1n) is 11.0. The van der Waals surface area contributed by atoms with E-state index in [9.17, 15) is 18.1 Å². The van der Waals surface area contributed by atoms with Gasteiger partial charge in [0.15, 0.2) is 0 Å². The van der Waals surface area contributed by atoms with Crippen LogP contribution in [0.1, 0.15) is 123 Å². The summed E-state index contributed by atoms with van der Waals surface area (Å²) < 4.78 is 34.0. The fourth-order valence-corrected chi connectivity index (χ4v) is 4.37. The zero-order chi connectivity index (χ0) is 19.7. The zero-order valence-corrected chi connectivity index (χ0v) is 21.1. The number of hydrogen-bond acceptors (Lipinski definition) is 4. The van der Waals surface area contributed by atoms with Crippen molar-refractivity contribution in [3.8, 4) is 0 Å². The van der Waals surface area contributed by atoms with E-state index in [4.69, 9.17) is 0 Å². The molecule has 0 aliphatic rings. The molecule has 0 spiro atoms. The number of unbranched alkanes of at least 4 members (excludes halogenated alkanes) is 12. The van der Waals surface area contributed by atoms with Gasteiger partial charge < -0.3 is 9.66 Å². The molecule has 158 valence electrons. The number of rotatable bonds is 19. The molecule has 1 N–H and O–H groups in total. The largest absolute Gasteiger partial charge is 1.00 e. The van der Waals surface area contributed by atoms with Crippen LogP contribution in [0.5, 0.6) is 0 Å². The normalized spacial score (nSPS) is 13.9. The fourth-order valence-electron chi connectivity index (χ4n) is 3.46. The third-order valence-electron chi connectivity index (χ3n) is 5.19. The second-order valence-corrected chi connectivity index (χ2v) is 9.58. The predicted octanol–water partition coefficient (Wildman–Crippen LogP) is 2.94. The molecule has 0 aliphatic heterocycles. The Kier molecular flexibility index (Phi) is 22.4. The van der Waals surface area contributed by atoms with Gasteiger partial charge in [-0.3, -0.25) is 0 Å². The maximum Gasteiger partial charge on any atom is 1.00 e. The molecule has 0 aromatic carbocycles. The molecule has 0 aromatic rings. The van der Waals surface area contributed by atoms with E-state index in [2.05, 4.69) is 6.92 Å². The van der Waals surface area contributed by atoms with Gasteiger partial charge in [0.2, 0.25) is 0 Å². The standard InChI is InChI=1S/C21H44O4S.Na/c1-3-4-5-6-7-8-9-10-11-12-13-14-15-18-21(26(23,24)25)19-16-17-20(2)22;/h20-22H,3-19H2,1-2H3,(H,23,24,25);/q;+1/p-1. The van der Waals surface area contributed by atoms with Crippen LogP contribution < -0.4 is 29.6 Å². The van der Waals surface area contributed by atoms with Gasteiger partial charge in [-0.1, -0.05) is 90.4 Å². The summed E-state index contributed by atoms with van der Waals surface area (Å²) in [4.78, 5) is 0. The van der Waals surface area contributed by atoms with Crippen LogP contribution in [0.15, 0.2) is 0 Å². The minimum absolute atomic E-state index is 0.